The van der Waals surface area contributed by atoms with Gasteiger partial charge in [-0.2, -0.15) is 0 Å². The molecule has 1 aliphatic carbocycles. The van der Waals surface area contributed by atoms with Crippen molar-refractivity contribution in [3.05, 3.63) is 0 Å². The normalized spacial score (nSPS) is 43.7. The van der Waals surface area contributed by atoms with Crippen molar-refractivity contribution >= 4 is 7.85 Å². The number of piperidine rings is 1. The van der Waals surface area contributed by atoms with Crippen molar-refractivity contribution in [1.29, 1.82) is 0 Å². The molecule has 19 heavy (non-hydrogen) atoms. The molecule has 0 aromatic carbocycles. The summed E-state index contributed by atoms with van der Waals surface area (Å²) in [5, 5.41) is 0.571. The maximum absolute atomic E-state index is 5.64. The topological polar surface area (TPSA) is 12.5 Å². The zero-order valence-corrected chi connectivity index (χ0v) is 13.1. The van der Waals surface area contributed by atoms with Gasteiger partial charge >= 0.3 is 0 Å². The monoisotopic (exact) mass is 263 g/mol. The summed E-state index contributed by atoms with van der Waals surface area (Å²) >= 11 is 0. The van der Waals surface area contributed by atoms with Gasteiger partial charge in [0.25, 0.3) is 0 Å². The van der Waals surface area contributed by atoms with Gasteiger partial charge < -0.3 is 4.74 Å². The van der Waals surface area contributed by atoms with E-state index in [9.17, 15) is 0 Å². The lowest BCUT2D eigenvalue weighted by Gasteiger charge is -2.58. The molecule has 0 aromatic heterocycles. The Labute approximate surface area is 119 Å². The molecule has 3 rings (SSSR count). The van der Waals surface area contributed by atoms with Gasteiger partial charge in [-0.3, -0.25) is 4.90 Å². The summed E-state index contributed by atoms with van der Waals surface area (Å²) in [6, 6.07) is 0. The first kappa shape index (κ1) is 13.9. The predicted octanol–water partition coefficient (Wildman–Crippen LogP) is 2.49. The molecule has 2 nitrogen and oxygen atoms in total. The van der Waals surface area contributed by atoms with Crippen LogP contribution >= 0.6 is 0 Å². The van der Waals surface area contributed by atoms with E-state index in [1.807, 2.05) is 0 Å². The number of hydrogen-bond donors (Lipinski definition) is 0. The van der Waals surface area contributed by atoms with E-state index in [0.29, 0.717) is 10.9 Å². The molecule has 3 unspecified atom stereocenters. The van der Waals surface area contributed by atoms with Crippen LogP contribution in [-0.2, 0) is 4.74 Å². The van der Waals surface area contributed by atoms with E-state index in [-0.39, 0.29) is 0 Å². The first-order chi connectivity index (χ1) is 9.04. The van der Waals surface area contributed by atoms with Crippen molar-refractivity contribution < 1.29 is 4.74 Å². The van der Waals surface area contributed by atoms with Crippen LogP contribution in [0.25, 0.3) is 0 Å². The molecule has 3 fully saturated rings. The second-order valence-electron chi connectivity index (χ2n) is 8.12. The predicted molar refractivity (Wildman–Crippen MR) is 82.4 cm³/mol. The summed E-state index contributed by atoms with van der Waals surface area (Å²) < 4.78 is 5.64. The van der Waals surface area contributed by atoms with Crippen LogP contribution in [-0.4, -0.2) is 45.1 Å². The molecule has 108 valence electrons. The van der Waals surface area contributed by atoms with Crippen molar-refractivity contribution in [3.8, 4) is 0 Å². The Hall–Kier alpha value is -0.0151. The van der Waals surface area contributed by atoms with Crippen molar-refractivity contribution in [2.24, 2.45) is 11.8 Å². The lowest BCUT2D eigenvalue weighted by atomic mass is 9.62. The van der Waals surface area contributed by atoms with Crippen LogP contribution < -0.4 is 0 Å². The first-order valence-corrected chi connectivity index (χ1v) is 8.33. The fourth-order valence-corrected chi connectivity index (χ4v) is 4.77. The molecule has 3 aliphatic rings. The minimum absolute atomic E-state index is 0.414. The third-order valence-electron chi connectivity index (χ3n) is 6.37. The van der Waals surface area contributed by atoms with Crippen molar-refractivity contribution in [3.63, 3.8) is 0 Å². The highest BCUT2D eigenvalue weighted by atomic mass is 16.5. The number of likely N-dealkylation sites (tertiary alicyclic amines) is 1. The Morgan fingerprint density at radius 1 is 1.11 bits per heavy atom. The quantitative estimate of drug-likeness (QED) is 0.623. The Kier molecular flexibility index (Phi) is 3.72. The maximum Gasteiger partial charge on any atom is 0.109 e. The van der Waals surface area contributed by atoms with Gasteiger partial charge in [0.05, 0.1) is 18.8 Å². The minimum Gasteiger partial charge on any atom is -0.377 e. The van der Waals surface area contributed by atoms with E-state index in [1.165, 1.54) is 51.5 Å². The summed E-state index contributed by atoms with van der Waals surface area (Å²) in [7, 11) is 4.81. The number of hydrogen-bond acceptors (Lipinski definition) is 2. The van der Waals surface area contributed by atoms with E-state index in [0.717, 1.165) is 25.0 Å². The number of nitrogens with zero attached hydrogens (tertiary/aromatic N) is 1. The van der Waals surface area contributed by atoms with Crippen molar-refractivity contribution in [1.82, 2.24) is 4.90 Å². The van der Waals surface area contributed by atoms with Crippen LogP contribution in [0.4, 0.5) is 0 Å². The van der Waals surface area contributed by atoms with Crippen molar-refractivity contribution in [2.75, 3.05) is 26.8 Å². The molecule has 2 aliphatic heterocycles. The summed E-state index contributed by atoms with van der Waals surface area (Å²) in [5.74, 6) is 1.85. The van der Waals surface area contributed by atoms with Crippen LogP contribution in [0, 0.1) is 11.8 Å². The summed E-state index contributed by atoms with van der Waals surface area (Å²) in [5.41, 5.74) is 0.414. The molecule has 0 radical (unpaired) electrons. The number of ether oxygens (including phenoxy) is 1. The largest absolute Gasteiger partial charge is 0.377 e. The maximum atomic E-state index is 5.64. The molecule has 0 amide bonds. The van der Waals surface area contributed by atoms with Gasteiger partial charge in [-0.1, -0.05) is 44.3 Å². The van der Waals surface area contributed by atoms with Crippen LogP contribution in [0.2, 0.25) is 5.31 Å². The molecular formula is C16H30BNO. The van der Waals surface area contributed by atoms with E-state index in [2.05, 4.69) is 26.7 Å². The Morgan fingerprint density at radius 3 is 2.58 bits per heavy atom. The van der Waals surface area contributed by atoms with Crippen molar-refractivity contribution in [2.45, 2.75) is 62.7 Å². The summed E-state index contributed by atoms with van der Waals surface area (Å²) in [6.07, 6.45) is 10.0. The van der Waals surface area contributed by atoms with E-state index in [1.54, 1.807) is 0 Å². The van der Waals surface area contributed by atoms with E-state index >= 15 is 0 Å². The SMILES string of the molecule is BC1(C)CCCCC2C(CCN(C)C23COC3)CC1. The minimum atomic E-state index is 0.414. The Balaban J connectivity index is 1.78. The fourth-order valence-electron chi connectivity index (χ4n) is 4.77. The van der Waals surface area contributed by atoms with Gasteiger partial charge in [0.1, 0.15) is 7.85 Å². The van der Waals surface area contributed by atoms with Crippen LogP contribution in [0.15, 0.2) is 0 Å². The molecular weight excluding hydrogens is 233 g/mol. The van der Waals surface area contributed by atoms with E-state index in [4.69, 9.17) is 4.74 Å². The molecule has 0 bridgehead atoms. The third kappa shape index (κ3) is 2.49. The highest BCUT2D eigenvalue weighted by Gasteiger charge is 2.53. The van der Waals surface area contributed by atoms with Gasteiger partial charge in [0.15, 0.2) is 0 Å². The summed E-state index contributed by atoms with van der Waals surface area (Å²) in [4.78, 5) is 2.63. The van der Waals surface area contributed by atoms with Crippen LogP contribution in [0.3, 0.4) is 0 Å². The highest BCUT2D eigenvalue weighted by molar-refractivity contribution is 6.14. The molecule has 0 aromatic rings. The zero-order chi connectivity index (χ0) is 13.5. The molecule has 0 N–H and O–H groups in total. The standard InChI is InChI=1S/C16H30BNO/c1-15(17)8-4-3-5-14-13(6-9-15)7-10-18(2)16(14)11-19-12-16/h13-14H,3-12,17H2,1-2H3. The Morgan fingerprint density at radius 2 is 1.89 bits per heavy atom. The zero-order valence-electron chi connectivity index (χ0n) is 13.1. The molecule has 3 heteroatoms. The second kappa shape index (κ2) is 5.07. The fraction of sp³-hybridized carbons (Fsp3) is 1.00. The van der Waals surface area contributed by atoms with Gasteiger partial charge in [-0.25, -0.2) is 0 Å². The summed E-state index contributed by atoms with van der Waals surface area (Å²) in [6.45, 7) is 5.75. The molecule has 2 heterocycles. The molecule has 2 saturated heterocycles. The molecule has 1 spiro atoms. The van der Waals surface area contributed by atoms with Gasteiger partial charge in [0, 0.05) is 0 Å². The van der Waals surface area contributed by atoms with Crippen LogP contribution in [0.1, 0.15) is 51.9 Å². The lowest BCUT2D eigenvalue weighted by molar-refractivity contribution is -0.192. The number of fused-ring (bicyclic) bond motifs is 2. The van der Waals surface area contributed by atoms with Gasteiger partial charge in [0.2, 0.25) is 0 Å². The average Bonchev–Trinajstić information content (AvgIpc) is 2.37. The van der Waals surface area contributed by atoms with E-state index < -0.39 is 0 Å². The molecule has 3 atom stereocenters. The Bertz CT molecular complexity index is 327. The number of likely N-dealkylation sites (N-methyl/N-ethyl adjacent to an activating group) is 1. The second-order valence-corrected chi connectivity index (χ2v) is 8.12. The number of rotatable bonds is 0. The highest BCUT2D eigenvalue weighted by Crippen LogP contribution is 2.49. The van der Waals surface area contributed by atoms with Gasteiger partial charge in [-0.15, -0.1) is 0 Å². The van der Waals surface area contributed by atoms with Gasteiger partial charge in [-0.05, 0) is 38.3 Å². The average molecular weight is 263 g/mol. The molecule has 1 saturated carbocycles. The smallest absolute Gasteiger partial charge is 0.109 e. The van der Waals surface area contributed by atoms with Crippen LogP contribution in [0.5, 0.6) is 0 Å². The third-order valence-corrected chi connectivity index (χ3v) is 6.37. The lowest BCUT2D eigenvalue weighted by Crippen LogP contribution is -2.69. The first-order valence-electron chi connectivity index (χ1n) is 8.33.